The molecule has 4 aliphatic rings. The summed E-state index contributed by atoms with van der Waals surface area (Å²) in [4.78, 5) is 17.4. The van der Waals surface area contributed by atoms with Crippen LogP contribution in [0.15, 0.2) is 35.3 Å². The maximum Gasteiger partial charge on any atom is 0.226 e. The van der Waals surface area contributed by atoms with Gasteiger partial charge < -0.3 is 5.32 Å². The van der Waals surface area contributed by atoms with Gasteiger partial charge in [-0.15, -0.1) is 0 Å². The summed E-state index contributed by atoms with van der Waals surface area (Å²) in [5.41, 5.74) is 3.35. The molecule has 1 amide bonds. The van der Waals surface area contributed by atoms with Crippen molar-refractivity contribution in [1.82, 2.24) is 10.3 Å². The van der Waals surface area contributed by atoms with Crippen molar-refractivity contribution in [1.29, 1.82) is 0 Å². The van der Waals surface area contributed by atoms with Crippen LogP contribution < -0.4 is 5.32 Å². The second-order valence-corrected chi connectivity index (χ2v) is 9.25. The Bertz CT molecular complexity index is 748. The smallest absolute Gasteiger partial charge is 0.226 e. The van der Waals surface area contributed by atoms with E-state index in [4.69, 9.17) is 0 Å². The molecular formula is C21H24N2OS. The Morgan fingerprint density at radius 3 is 2.48 bits per heavy atom. The summed E-state index contributed by atoms with van der Waals surface area (Å²) in [5.74, 6) is 2.72. The minimum Gasteiger partial charge on any atom is -0.351 e. The molecule has 2 aromatic rings. The van der Waals surface area contributed by atoms with E-state index in [1.807, 2.05) is 12.4 Å². The summed E-state index contributed by atoms with van der Waals surface area (Å²) < 4.78 is 0. The van der Waals surface area contributed by atoms with Crippen LogP contribution >= 0.6 is 11.3 Å². The fourth-order valence-electron chi connectivity index (χ4n) is 5.93. The molecule has 4 bridgehead atoms. The van der Waals surface area contributed by atoms with Gasteiger partial charge in [0.1, 0.15) is 0 Å². The van der Waals surface area contributed by atoms with Crippen LogP contribution in [0.1, 0.15) is 44.1 Å². The van der Waals surface area contributed by atoms with Gasteiger partial charge in [-0.2, -0.15) is 11.3 Å². The Labute approximate surface area is 152 Å². The summed E-state index contributed by atoms with van der Waals surface area (Å²) in [5, 5.41) is 7.47. The predicted octanol–water partition coefficient (Wildman–Crippen LogP) is 4.64. The van der Waals surface area contributed by atoms with Crippen LogP contribution in [0.3, 0.4) is 0 Å². The molecule has 4 heteroatoms. The van der Waals surface area contributed by atoms with Gasteiger partial charge in [0.25, 0.3) is 0 Å². The van der Waals surface area contributed by atoms with E-state index in [1.165, 1.54) is 24.8 Å². The minimum absolute atomic E-state index is 0.0624. The second-order valence-electron chi connectivity index (χ2n) is 8.47. The van der Waals surface area contributed by atoms with Crippen LogP contribution in [-0.4, -0.2) is 10.9 Å². The van der Waals surface area contributed by atoms with E-state index in [1.54, 1.807) is 11.3 Å². The van der Waals surface area contributed by atoms with Gasteiger partial charge in [-0.05, 0) is 90.3 Å². The van der Waals surface area contributed by atoms with E-state index in [-0.39, 0.29) is 5.41 Å². The van der Waals surface area contributed by atoms with Crippen LogP contribution in [0.4, 0.5) is 0 Å². The van der Waals surface area contributed by atoms with Crippen LogP contribution in [0.5, 0.6) is 0 Å². The van der Waals surface area contributed by atoms with Crippen LogP contribution in [0.25, 0.3) is 11.1 Å². The number of rotatable bonds is 4. The maximum absolute atomic E-state index is 13.1. The van der Waals surface area contributed by atoms with E-state index >= 15 is 0 Å². The third-order valence-electron chi connectivity index (χ3n) is 6.62. The van der Waals surface area contributed by atoms with Gasteiger partial charge >= 0.3 is 0 Å². The summed E-state index contributed by atoms with van der Waals surface area (Å²) in [6, 6.07) is 4.26. The van der Waals surface area contributed by atoms with Crippen molar-refractivity contribution in [2.45, 2.75) is 45.1 Å². The van der Waals surface area contributed by atoms with E-state index < -0.39 is 0 Å². The first kappa shape index (κ1) is 15.6. The van der Waals surface area contributed by atoms with Gasteiger partial charge in [-0.25, -0.2) is 0 Å². The number of aromatic nitrogens is 1. The average molecular weight is 353 g/mol. The van der Waals surface area contributed by atoms with E-state index in [2.05, 4.69) is 33.2 Å². The molecule has 0 aromatic carbocycles. The Hall–Kier alpha value is -1.68. The molecule has 0 aliphatic heterocycles. The number of carbonyl (C=O) groups is 1. The fourth-order valence-corrected chi connectivity index (χ4v) is 6.59. The van der Waals surface area contributed by atoms with Gasteiger partial charge in [-0.1, -0.05) is 0 Å². The van der Waals surface area contributed by atoms with Crippen molar-refractivity contribution in [2.24, 2.45) is 23.2 Å². The molecule has 1 N–H and O–H groups in total. The predicted molar refractivity (Wildman–Crippen MR) is 100 cm³/mol. The molecule has 2 heterocycles. The molecule has 3 nitrogen and oxygen atoms in total. The zero-order chi connectivity index (χ0) is 16.9. The van der Waals surface area contributed by atoms with Crippen molar-refractivity contribution in [3.8, 4) is 11.1 Å². The van der Waals surface area contributed by atoms with Crippen LogP contribution in [0, 0.1) is 23.2 Å². The lowest BCUT2D eigenvalue weighted by Crippen LogP contribution is -2.53. The monoisotopic (exact) mass is 352 g/mol. The SMILES string of the molecule is O=C(NCc1cncc(-c2ccsc2)c1)C12CC3CC(CC(C3)C1)C2. The van der Waals surface area contributed by atoms with Gasteiger partial charge in [-0.3, -0.25) is 9.78 Å². The van der Waals surface area contributed by atoms with Crippen molar-refractivity contribution in [2.75, 3.05) is 0 Å². The second kappa shape index (κ2) is 5.94. The Kier molecular flexibility index (Phi) is 3.70. The minimum atomic E-state index is -0.0624. The molecule has 0 spiro atoms. The summed E-state index contributed by atoms with van der Waals surface area (Å²) in [6.45, 7) is 0.589. The molecule has 0 saturated heterocycles. The van der Waals surface area contributed by atoms with Gasteiger partial charge in [0.15, 0.2) is 0 Å². The van der Waals surface area contributed by atoms with Crippen molar-refractivity contribution < 1.29 is 4.79 Å². The molecule has 6 rings (SSSR count). The molecule has 0 radical (unpaired) electrons. The third kappa shape index (κ3) is 2.80. The molecule has 4 saturated carbocycles. The molecule has 25 heavy (non-hydrogen) atoms. The van der Waals surface area contributed by atoms with Crippen molar-refractivity contribution >= 4 is 17.2 Å². The van der Waals surface area contributed by atoms with Gasteiger partial charge in [0.2, 0.25) is 5.91 Å². The first-order valence-electron chi connectivity index (χ1n) is 9.45. The van der Waals surface area contributed by atoms with Crippen LogP contribution in [0.2, 0.25) is 0 Å². The first-order chi connectivity index (χ1) is 12.2. The standard InChI is InChI=1S/C21H24N2OS/c24-20(21-7-14-3-15(8-21)5-16(4-14)9-21)23-11-17-6-19(12-22-10-17)18-1-2-25-13-18/h1-2,6,10,12-16H,3-5,7-9,11H2,(H,23,24). The molecule has 0 unspecified atom stereocenters. The van der Waals surface area contributed by atoms with Gasteiger partial charge in [0, 0.05) is 29.9 Å². The number of hydrogen-bond acceptors (Lipinski definition) is 3. The summed E-state index contributed by atoms with van der Waals surface area (Å²) in [7, 11) is 0. The molecule has 0 atom stereocenters. The fraction of sp³-hybridized carbons (Fsp3) is 0.524. The topological polar surface area (TPSA) is 42.0 Å². The number of nitrogens with zero attached hydrogens (tertiary/aromatic N) is 1. The number of nitrogens with one attached hydrogen (secondary N) is 1. The lowest BCUT2D eigenvalue weighted by Gasteiger charge is -2.55. The highest BCUT2D eigenvalue weighted by molar-refractivity contribution is 7.08. The number of amides is 1. The quantitative estimate of drug-likeness (QED) is 0.871. The number of carbonyl (C=O) groups excluding carboxylic acids is 1. The maximum atomic E-state index is 13.1. The number of pyridine rings is 1. The molecule has 4 aliphatic carbocycles. The van der Waals surface area contributed by atoms with E-state index in [0.717, 1.165) is 48.1 Å². The molecular weight excluding hydrogens is 328 g/mol. The number of thiophene rings is 1. The van der Waals surface area contributed by atoms with Crippen molar-refractivity contribution in [3.63, 3.8) is 0 Å². The highest BCUT2D eigenvalue weighted by Gasteiger charge is 2.54. The Morgan fingerprint density at radius 1 is 1.12 bits per heavy atom. The van der Waals surface area contributed by atoms with Gasteiger partial charge in [0.05, 0.1) is 0 Å². The third-order valence-corrected chi connectivity index (χ3v) is 7.31. The largest absolute Gasteiger partial charge is 0.351 e. The lowest BCUT2D eigenvalue weighted by molar-refractivity contribution is -0.146. The molecule has 2 aromatic heterocycles. The zero-order valence-electron chi connectivity index (χ0n) is 14.4. The highest BCUT2D eigenvalue weighted by atomic mass is 32.1. The highest BCUT2D eigenvalue weighted by Crippen LogP contribution is 2.60. The first-order valence-corrected chi connectivity index (χ1v) is 10.4. The summed E-state index contributed by atoms with van der Waals surface area (Å²) in [6.07, 6.45) is 11.3. The average Bonchev–Trinajstić information content (AvgIpc) is 3.13. The molecule has 4 fully saturated rings. The van der Waals surface area contributed by atoms with E-state index in [9.17, 15) is 4.79 Å². The zero-order valence-corrected chi connectivity index (χ0v) is 15.2. The number of hydrogen-bond donors (Lipinski definition) is 1. The Balaban J connectivity index is 1.29. The van der Waals surface area contributed by atoms with E-state index in [0.29, 0.717) is 12.5 Å². The lowest BCUT2D eigenvalue weighted by atomic mass is 9.49. The normalized spacial score (nSPS) is 32.7. The van der Waals surface area contributed by atoms with Crippen LogP contribution in [-0.2, 0) is 11.3 Å². The summed E-state index contributed by atoms with van der Waals surface area (Å²) >= 11 is 1.69. The molecule has 130 valence electrons. The Morgan fingerprint density at radius 2 is 1.84 bits per heavy atom. The van der Waals surface area contributed by atoms with Crippen molar-refractivity contribution in [3.05, 3.63) is 40.8 Å².